The molecule has 3 rings (SSSR count). The molecule has 2 aromatic carbocycles. The summed E-state index contributed by atoms with van der Waals surface area (Å²) in [6, 6.07) is 10.6. The molecule has 1 aliphatic rings. The third-order valence-corrected chi connectivity index (χ3v) is 7.17. The highest BCUT2D eigenvalue weighted by molar-refractivity contribution is 9.10. The van der Waals surface area contributed by atoms with Crippen molar-refractivity contribution in [3.8, 4) is 5.75 Å². The van der Waals surface area contributed by atoms with Gasteiger partial charge in [-0.2, -0.15) is 4.31 Å². The second-order valence-corrected chi connectivity index (χ2v) is 9.43. The number of rotatable bonds is 8. The summed E-state index contributed by atoms with van der Waals surface area (Å²) < 4.78 is 46.2. The van der Waals surface area contributed by atoms with E-state index < -0.39 is 15.8 Å². The van der Waals surface area contributed by atoms with E-state index in [0.29, 0.717) is 30.5 Å². The molecule has 0 aromatic heterocycles. The van der Waals surface area contributed by atoms with Crippen LogP contribution in [0, 0.1) is 5.82 Å². The minimum absolute atomic E-state index is 0.107. The summed E-state index contributed by atoms with van der Waals surface area (Å²) in [6.45, 7) is 1.55. The highest BCUT2D eigenvalue weighted by Gasteiger charge is 2.28. The SMILES string of the molecule is O=C(NCCCOc1ccccc1F)c1cc(S(=O)(=O)N2CCCC2)ccc1Br. The molecule has 0 bridgehead atoms. The number of amides is 1. The number of halogens is 2. The van der Waals surface area contributed by atoms with Crippen molar-refractivity contribution in [2.45, 2.75) is 24.2 Å². The molecule has 0 unspecified atom stereocenters. The zero-order chi connectivity index (χ0) is 20.9. The minimum Gasteiger partial charge on any atom is -0.490 e. The van der Waals surface area contributed by atoms with E-state index in [2.05, 4.69) is 21.2 Å². The number of sulfonamides is 1. The van der Waals surface area contributed by atoms with E-state index in [1.54, 1.807) is 18.2 Å². The molecule has 1 saturated heterocycles. The van der Waals surface area contributed by atoms with Gasteiger partial charge < -0.3 is 10.1 Å². The summed E-state index contributed by atoms with van der Waals surface area (Å²) in [5, 5.41) is 2.74. The van der Waals surface area contributed by atoms with Crippen LogP contribution in [0.3, 0.4) is 0 Å². The van der Waals surface area contributed by atoms with E-state index in [1.807, 2.05) is 0 Å². The molecular weight excluding hydrogens is 463 g/mol. The fourth-order valence-corrected chi connectivity index (χ4v) is 5.00. The molecular formula is C20H22BrFN2O4S. The molecule has 1 fully saturated rings. The van der Waals surface area contributed by atoms with Crippen LogP contribution >= 0.6 is 15.9 Å². The quantitative estimate of drug-likeness (QED) is 0.581. The predicted molar refractivity (Wildman–Crippen MR) is 111 cm³/mol. The Bertz CT molecular complexity index is 978. The number of benzene rings is 2. The van der Waals surface area contributed by atoms with Crippen LogP contribution in [0.15, 0.2) is 51.8 Å². The van der Waals surface area contributed by atoms with E-state index in [-0.39, 0.29) is 28.7 Å². The highest BCUT2D eigenvalue weighted by atomic mass is 79.9. The minimum atomic E-state index is -3.60. The first-order valence-electron chi connectivity index (χ1n) is 9.35. The fraction of sp³-hybridized carbons (Fsp3) is 0.350. The van der Waals surface area contributed by atoms with Crippen molar-refractivity contribution in [1.82, 2.24) is 9.62 Å². The van der Waals surface area contributed by atoms with Crippen LogP contribution in [-0.2, 0) is 10.0 Å². The zero-order valence-corrected chi connectivity index (χ0v) is 18.1. The molecule has 0 atom stereocenters. The molecule has 0 radical (unpaired) electrons. The number of hydrogen-bond acceptors (Lipinski definition) is 4. The third kappa shape index (κ3) is 5.34. The lowest BCUT2D eigenvalue weighted by atomic mass is 10.2. The molecule has 2 aromatic rings. The predicted octanol–water partition coefficient (Wildman–Crippen LogP) is 3.57. The summed E-state index contributed by atoms with van der Waals surface area (Å²) >= 11 is 3.31. The normalized spacial score (nSPS) is 14.7. The number of carbonyl (C=O) groups excluding carboxylic acids is 1. The molecule has 0 spiro atoms. The second kappa shape index (κ2) is 9.69. The molecule has 6 nitrogen and oxygen atoms in total. The van der Waals surface area contributed by atoms with Crippen molar-refractivity contribution >= 4 is 31.9 Å². The van der Waals surface area contributed by atoms with Crippen molar-refractivity contribution < 1.29 is 22.3 Å². The Morgan fingerprint density at radius 2 is 1.90 bits per heavy atom. The molecule has 29 heavy (non-hydrogen) atoms. The number of para-hydroxylation sites is 1. The number of nitrogens with zero attached hydrogens (tertiary/aromatic N) is 1. The van der Waals surface area contributed by atoms with Gasteiger partial charge in [0.15, 0.2) is 11.6 Å². The fourth-order valence-electron chi connectivity index (χ4n) is 3.03. The number of ether oxygens (including phenoxy) is 1. The van der Waals surface area contributed by atoms with Gasteiger partial charge in [0.2, 0.25) is 10.0 Å². The first-order chi connectivity index (χ1) is 13.9. The van der Waals surface area contributed by atoms with Crippen LogP contribution < -0.4 is 10.1 Å². The van der Waals surface area contributed by atoms with Gasteiger partial charge in [0, 0.05) is 24.1 Å². The first kappa shape index (κ1) is 21.7. The Labute approximate surface area is 178 Å². The van der Waals surface area contributed by atoms with Gasteiger partial charge in [-0.1, -0.05) is 12.1 Å². The highest BCUT2D eigenvalue weighted by Crippen LogP contribution is 2.25. The van der Waals surface area contributed by atoms with Crippen LogP contribution in [0.2, 0.25) is 0 Å². The van der Waals surface area contributed by atoms with Gasteiger partial charge in [-0.25, -0.2) is 12.8 Å². The summed E-state index contributed by atoms with van der Waals surface area (Å²) in [6.07, 6.45) is 2.17. The largest absolute Gasteiger partial charge is 0.490 e. The van der Waals surface area contributed by atoms with Crippen molar-refractivity contribution in [2.24, 2.45) is 0 Å². The van der Waals surface area contributed by atoms with E-state index in [9.17, 15) is 17.6 Å². The first-order valence-corrected chi connectivity index (χ1v) is 11.6. The maximum absolute atomic E-state index is 13.5. The van der Waals surface area contributed by atoms with Gasteiger partial charge in [0.1, 0.15) is 0 Å². The Kier molecular flexibility index (Phi) is 7.26. The molecule has 0 saturated carbocycles. The van der Waals surface area contributed by atoms with Crippen molar-refractivity contribution in [3.63, 3.8) is 0 Å². The van der Waals surface area contributed by atoms with E-state index >= 15 is 0 Å². The van der Waals surface area contributed by atoms with E-state index in [4.69, 9.17) is 4.74 Å². The molecule has 1 N–H and O–H groups in total. The Balaban J connectivity index is 1.57. The number of carbonyl (C=O) groups is 1. The molecule has 1 amide bonds. The molecule has 156 valence electrons. The van der Waals surface area contributed by atoms with Gasteiger partial charge in [-0.05, 0) is 65.5 Å². The Hall–Kier alpha value is -1.97. The standard InChI is InChI=1S/C20H22BrFN2O4S/c21-17-9-8-15(29(26,27)24-11-3-4-12-24)14-16(17)20(25)23-10-5-13-28-19-7-2-1-6-18(19)22/h1-2,6-9,14H,3-5,10-13H2,(H,23,25). The third-order valence-electron chi connectivity index (χ3n) is 4.59. The summed E-state index contributed by atoms with van der Waals surface area (Å²) in [5.41, 5.74) is 0.250. The summed E-state index contributed by atoms with van der Waals surface area (Å²) in [5.74, 6) is -0.654. The number of nitrogens with one attached hydrogen (secondary N) is 1. The smallest absolute Gasteiger partial charge is 0.252 e. The van der Waals surface area contributed by atoms with Crippen LogP contribution in [0.5, 0.6) is 5.75 Å². The molecule has 1 aliphatic heterocycles. The maximum Gasteiger partial charge on any atom is 0.252 e. The monoisotopic (exact) mass is 484 g/mol. The van der Waals surface area contributed by atoms with Crippen LogP contribution in [0.1, 0.15) is 29.6 Å². The topological polar surface area (TPSA) is 75.7 Å². The average molecular weight is 485 g/mol. The van der Waals surface area contributed by atoms with Gasteiger partial charge >= 0.3 is 0 Å². The molecule has 1 heterocycles. The number of hydrogen-bond donors (Lipinski definition) is 1. The molecule has 9 heteroatoms. The second-order valence-electron chi connectivity index (χ2n) is 6.64. The maximum atomic E-state index is 13.5. The van der Waals surface area contributed by atoms with E-state index in [0.717, 1.165) is 12.8 Å². The Morgan fingerprint density at radius 3 is 2.62 bits per heavy atom. The van der Waals surface area contributed by atoms with Gasteiger partial charge in [-0.3, -0.25) is 4.79 Å². The van der Waals surface area contributed by atoms with E-state index in [1.165, 1.54) is 28.6 Å². The van der Waals surface area contributed by atoms with Gasteiger partial charge in [0.25, 0.3) is 5.91 Å². The van der Waals surface area contributed by atoms with Gasteiger partial charge in [0.05, 0.1) is 17.1 Å². The average Bonchev–Trinajstić information content (AvgIpc) is 3.25. The lowest BCUT2D eigenvalue weighted by molar-refractivity contribution is 0.0950. The van der Waals surface area contributed by atoms with Crippen LogP contribution in [0.4, 0.5) is 4.39 Å². The Morgan fingerprint density at radius 1 is 1.17 bits per heavy atom. The summed E-state index contributed by atoms with van der Waals surface area (Å²) in [4.78, 5) is 12.6. The van der Waals surface area contributed by atoms with Crippen molar-refractivity contribution in [1.29, 1.82) is 0 Å². The van der Waals surface area contributed by atoms with Crippen LogP contribution in [-0.4, -0.2) is 44.9 Å². The molecule has 0 aliphatic carbocycles. The van der Waals surface area contributed by atoms with Crippen molar-refractivity contribution in [3.05, 3.63) is 58.3 Å². The van der Waals surface area contributed by atoms with Gasteiger partial charge in [-0.15, -0.1) is 0 Å². The summed E-state index contributed by atoms with van der Waals surface area (Å²) in [7, 11) is -3.60. The lowest BCUT2D eigenvalue weighted by Gasteiger charge is -2.16. The zero-order valence-electron chi connectivity index (χ0n) is 15.7. The van der Waals surface area contributed by atoms with Crippen LogP contribution in [0.25, 0.3) is 0 Å². The lowest BCUT2D eigenvalue weighted by Crippen LogP contribution is -2.29. The van der Waals surface area contributed by atoms with Crippen molar-refractivity contribution in [2.75, 3.05) is 26.2 Å².